The van der Waals surface area contributed by atoms with Gasteiger partial charge in [-0.2, -0.15) is 0 Å². The van der Waals surface area contributed by atoms with Gasteiger partial charge in [-0.05, 0) is 36.7 Å². The van der Waals surface area contributed by atoms with Crippen molar-refractivity contribution < 1.29 is 13.9 Å². The highest BCUT2D eigenvalue weighted by Crippen LogP contribution is 2.34. The third kappa shape index (κ3) is 4.97. The SMILES string of the molecule is CC(CN)CNC(=O)c1sc2cccc(F)c2c1COc1ccccc1.Cl. The second-order valence-corrected chi connectivity index (χ2v) is 7.23. The Hall–Kier alpha value is -2.15. The van der Waals surface area contributed by atoms with Gasteiger partial charge < -0.3 is 15.8 Å². The van der Waals surface area contributed by atoms with E-state index in [2.05, 4.69) is 5.32 Å². The third-order valence-corrected chi connectivity index (χ3v) is 5.31. The number of carbonyl (C=O) groups is 1. The van der Waals surface area contributed by atoms with Crippen LogP contribution in [0.1, 0.15) is 22.2 Å². The van der Waals surface area contributed by atoms with Crippen LogP contribution in [0.15, 0.2) is 48.5 Å². The fraction of sp³-hybridized carbons (Fsp3) is 0.250. The fourth-order valence-corrected chi connectivity index (χ4v) is 3.73. The summed E-state index contributed by atoms with van der Waals surface area (Å²) in [5, 5.41) is 3.33. The van der Waals surface area contributed by atoms with Crippen LogP contribution >= 0.6 is 23.7 Å². The van der Waals surface area contributed by atoms with E-state index in [0.29, 0.717) is 34.7 Å². The van der Waals surface area contributed by atoms with E-state index < -0.39 is 0 Å². The van der Waals surface area contributed by atoms with E-state index >= 15 is 0 Å². The highest BCUT2D eigenvalue weighted by atomic mass is 35.5. The largest absolute Gasteiger partial charge is 0.489 e. The predicted octanol–water partition coefficient (Wildman–Crippen LogP) is 4.37. The number of benzene rings is 2. The van der Waals surface area contributed by atoms with Crippen LogP contribution in [0, 0.1) is 11.7 Å². The van der Waals surface area contributed by atoms with Gasteiger partial charge in [-0.3, -0.25) is 4.79 Å². The zero-order valence-electron chi connectivity index (χ0n) is 14.9. The van der Waals surface area contributed by atoms with E-state index in [-0.39, 0.29) is 36.7 Å². The van der Waals surface area contributed by atoms with Crippen LogP contribution in [0.5, 0.6) is 5.75 Å². The highest BCUT2D eigenvalue weighted by Gasteiger charge is 2.21. The van der Waals surface area contributed by atoms with Gasteiger partial charge in [-0.1, -0.05) is 31.2 Å². The molecule has 3 aromatic rings. The first-order valence-electron chi connectivity index (χ1n) is 8.46. The molecule has 0 bridgehead atoms. The molecular formula is C20H22ClFN2O2S. The number of fused-ring (bicyclic) bond motifs is 1. The molecule has 3 N–H and O–H groups in total. The van der Waals surface area contributed by atoms with Crippen LogP contribution in [0.25, 0.3) is 10.1 Å². The van der Waals surface area contributed by atoms with Crippen molar-refractivity contribution in [3.63, 3.8) is 0 Å². The molecule has 0 aliphatic rings. The van der Waals surface area contributed by atoms with Crippen LogP contribution < -0.4 is 15.8 Å². The lowest BCUT2D eigenvalue weighted by Crippen LogP contribution is -2.31. The third-order valence-electron chi connectivity index (χ3n) is 4.11. The molecule has 0 radical (unpaired) electrons. The number of halogens is 2. The Bertz CT molecular complexity index is 902. The number of nitrogens with one attached hydrogen (secondary N) is 1. The zero-order valence-corrected chi connectivity index (χ0v) is 16.5. The van der Waals surface area contributed by atoms with Crippen molar-refractivity contribution in [1.82, 2.24) is 5.32 Å². The Morgan fingerprint density at radius 2 is 1.96 bits per heavy atom. The maximum Gasteiger partial charge on any atom is 0.261 e. The van der Waals surface area contributed by atoms with Gasteiger partial charge in [0.2, 0.25) is 0 Å². The van der Waals surface area contributed by atoms with Gasteiger partial charge in [0, 0.05) is 22.2 Å². The molecule has 0 spiro atoms. The van der Waals surface area contributed by atoms with Gasteiger partial charge >= 0.3 is 0 Å². The zero-order chi connectivity index (χ0) is 18.5. The maximum absolute atomic E-state index is 14.4. The molecule has 0 aliphatic carbocycles. The van der Waals surface area contributed by atoms with Gasteiger partial charge in [-0.25, -0.2) is 4.39 Å². The minimum absolute atomic E-state index is 0. The van der Waals surface area contributed by atoms with E-state index in [1.807, 2.05) is 43.3 Å². The summed E-state index contributed by atoms with van der Waals surface area (Å²) in [5.41, 5.74) is 6.18. The summed E-state index contributed by atoms with van der Waals surface area (Å²) in [5.74, 6) is 0.276. The molecule has 1 aromatic heterocycles. The topological polar surface area (TPSA) is 64.3 Å². The van der Waals surface area contributed by atoms with Crippen LogP contribution in [-0.4, -0.2) is 19.0 Å². The molecule has 1 amide bonds. The molecule has 0 saturated carbocycles. The Labute approximate surface area is 167 Å². The number of thiophene rings is 1. The summed E-state index contributed by atoms with van der Waals surface area (Å²) >= 11 is 1.28. The number of ether oxygens (including phenoxy) is 1. The lowest BCUT2D eigenvalue weighted by atomic mass is 10.1. The number of amides is 1. The normalized spacial score (nSPS) is 11.7. The lowest BCUT2D eigenvalue weighted by Gasteiger charge is -2.11. The van der Waals surface area contributed by atoms with Crippen LogP contribution in [0.4, 0.5) is 4.39 Å². The first-order chi connectivity index (χ1) is 12.6. The van der Waals surface area contributed by atoms with Crippen LogP contribution in [-0.2, 0) is 6.61 Å². The average molecular weight is 409 g/mol. The Morgan fingerprint density at radius 3 is 2.67 bits per heavy atom. The number of nitrogens with two attached hydrogens (primary N) is 1. The Balaban J connectivity index is 0.00000261. The minimum Gasteiger partial charge on any atom is -0.489 e. The molecule has 1 atom stereocenters. The smallest absolute Gasteiger partial charge is 0.261 e. The van der Waals surface area contributed by atoms with Crippen molar-refractivity contribution in [1.29, 1.82) is 0 Å². The summed E-state index contributed by atoms with van der Waals surface area (Å²) in [6.07, 6.45) is 0. The number of hydrogen-bond donors (Lipinski definition) is 2. The average Bonchev–Trinajstić information content (AvgIpc) is 3.05. The molecule has 3 rings (SSSR count). The van der Waals surface area contributed by atoms with Gasteiger partial charge in [-0.15, -0.1) is 23.7 Å². The first-order valence-corrected chi connectivity index (χ1v) is 9.27. The number of rotatable bonds is 7. The second kappa shape index (κ2) is 9.69. The van der Waals surface area contributed by atoms with E-state index in [1.54, 1.807) is 6.07 Å². The van der Waals surface area contributed by atoms with E-state index in [0.717, 1.165) is 4.70 Å². The molecule has 7 heteroatoms. The molecule has 4 nitrogen and oxygen atoms in total. The molecule has 0 saturated heterocycles. The van der Waals surface area contributed by atoms with Crippen molar-refractivity contribution in [3.05, 3.63) is 64.8 Å². The molecule has 0 fully saturated rings. The molecule has 144 valence electrons. The monoisotopic (exact) mass is 408 g/mol. The summed E-state index contributed by atoms with van der Waals surface area (Å²) in [6.45, 7) is 3.06. The van der Waals surface area contributed by atoms with Gasteiger partial charge in [0.15, 0.2) is 0 Å². The minimum atomic E-state index is -0.347. The molecule has 1 heterocycles. The molecule has 1 unspecified atom stereocenters. The second-order valence-electron chi connectivity index (χ2n) is 6.18. The number of carbonyl (C=O) groups excluding carboxylic acids is 1. The van der Waals surface area contributed by atoms with E-state index in [1.165, 1.54) is 17.4 Å². The van der Waals surface area contributed by atoms with Gasteiger partial charge in [0.25, 0.3) is 5.91 Å². The summed E-state index contributed by atoms with van der Waals surface area (Å²) in [7, 11) is 0. The van der Waals surface area contributed by atoms with E-state index in [4.69, 9.17) is 10.5 Å². The van der Waals surface area contributed by atoms with Crippen molar-refractivity contribution in [2.75, 3.05) is 13.1 Å². The standard InChI is InChI=1S/C20H21FN2O2S.ClH/c1-13(10-22)11-23-20(24)19-15(12-25-14-6-3-2-4-7-14)18-16(21)8-5-9-17(18)26-19;/h2-9,13H,10-12,22H2,1H3,(H,23,24);1H. The maximum atomic E-state index is 14.4. The highest BCUT2D eigenvalue weighted by molar-refractivity contribution is 7.21. The van der Waals surface area contributed by atoms with Crippen LogP contribution in [0.2, 0.25) is 0 Å². The quantitative estimate of drug-likeness (QED) is 0.610. The van der Waals surface area contributed by atoms with Crippen molar-refractivity contribution in [3.8, 4) is 5.75 Å². The summed E-state index contributed by atoms with van der Waals surface area (Å²) < 4.78 is 20.9. The summed E-state index contributed by atoms with van der Waals surface area (Å²) in [4.78, 5) is 13.1. The van der Waals surface area contributed by atoms with Gasteiger partial charge in [0.05, 0.1) is 4.88 Å². The van der Waals surface area contributed by atoms with Gasteiger partial charge in [0.1, 0.15) is 18.2 Å². The summed E-state index contributed by atoms with van der Waals surface area (Å²) in [6, 6.07) is 14.1. The van der Waals surface area contributed by atoms with Crippen molar-refractivity contribution >= 4 is 39.7 Å². The number of hydrogen-bond acceptors (Lipinski definition) is 4. The lowest BCUT2D eigenvalue weighted by molar-refractivity contribution is 0.0950. The molecule has 0 aliphatic heterocycles. The molecule has 2 aromatic carbocycles. The molecular weight excluding hydrogens is 387 g/mol. The van der Waals surface area contributed by atoms with E-state index in [9.17, 15) is 9.18 Å². The molecule has 27 heavy (non-hydrogen) atoms. The van der Waals surface area contributed by atoms with Crippen LogP contribution in [0.3, 0.4) is 0 Å². The first kappa shape index (κ1) is 21.2. The van der Waals surface area contributed by atoms with Crippen molar-refractivity contribution in [2.45, 2.75) is 13.5 Å². The Kier molecular flexibility index (Phi) is 7.59. The number of para-hydroxylation sites is 1. The Morgan fingerprint density at radius 1 is 1.22 bits per heavy atom. The fourth-order valence-electron chi connectivity index (χ4n) is 2.59. The predicted molar refractivity (Wildman–Crippen MR) is 110 cm³/mol. The van der Waals surface area contributed by atoms with Crippen molar-refractivity contribution in [2.24, 2.45) is 11.7 Å².